The summed E-state index contributed by atoms with van der Waals surface area (Å²) in [5, 5.41) is 14.5. The molecule has 20 nitrogen and oxygen atoms in total. The predicted octanol–water partition coefficient (Wildman–Crippen LogP) is 5.49. The van der Waals surface area contributed by atoms with Crippen molar-refractivity contribution in [3.05, 3.63) is 101 Å². The average molecular weight is 1030 g/mol. The van der Waals surface area contributed by atoms with Gasteiger partial charge in [0.25, 0.3) is 11.8 Å². The van der Waals surface area contributed by atoms with Crippen LogP contribution in [0.3, 0.4) is 0 Å². The maximum absolute atomic E-state index is 14.3. The number of amides is 7. The average Bonchev–Trinajstić information content (AvgIpc) is 3.70. The first-order valence-corrected chi connectivity index (χ1v) is 25.0. The molecular weight excluding hydrogens is 967 g/mol. The minimum Gasteiger partial charge on any atom is -0.469 e. The number of esters is 2. The molecule has 1 aliphatic carbocycles. The van der Waals surface area contributed by atoms with Gasteiger partial charge in [-0.3, -0.25) is 33.7 Å². The number of benzene rings is 4. The first-order chi connectivity index (χ1) is 35.8. The summed E-state index contributed by atoms with van der Waals surface area (Å²) in [6.07, 6.45) is -1.21. The van der Waals surface area contributed by atoms with Crippen LogP contribution in [0.5, 0.6) is 0 Å². The number of anilines is 1. The Morgan fingerprint density at radius 1 is 0.627 bits per heavy atom. The second kappa shape index (κ2) is 25.8. The summed E-state index contributed by atoms with van der Waals surface area (Å²) in [5.74, 6) is -4.73. The Hall–Kier alpha value is -8.03. The van der Waals surface area contributed by atoms with Gasteiger partial charge < -0.3 is 50.4 Å². The van der Waals surface area contributed by atoms with Gasteiger partial charge in [-0.05, 0) is 99.7 Å². The summed E-state index contributed by atoms with van der Waals surface area (Å²) < 4.78 is 20.6. The minimum atomic E-state index is -1.42. The highest BCUT2D eigenvalue weighted by atomic mass is 16.6. The Morgan fingerprint density at radius 3 is 1.91 bits per heavy atom. The fourth-order valence-electron chi connectivity index (χ4n) is 9.17. The normalized spacial score (nSPS) is 13.8. The number of hydrogen-bond donors (Lipinski definition) is 5. The van der Waals surface area contributed by atoms with Crippen LogP contribution in [0.2, 0.25) is 0 Å². The number of rotatable bonds is 24. The van der Waals surface area contributed by atoms with Gasteiger partial charge in [-0.15, -0.1) is 0 Å². The van der Waals surface area contributed by atoms with Crippen LogP contribution in [0.4, 0.5) is 15.3 Å². The predicted molar refractivity (Wildman–Crippen MR) is 278 cm³/mol. The zero-order chi connectivity index (χ0) is 54.4. The molecule has 1 aliphatic heterocycles. The molecule has 6 rings (SSSR count). The standard InChI is InChI=1S/C55H67N7O13/c1-55(2,3)75-54(71)60-41(22-12-13-29-57-53(70)74-32-40-35-18-10-8-16-33(35)34-17-9-11-19-36(34)40)49(66)59-42(48(65)56-30-27-43(52(69)73-7)58-45(63)23-15-24-46(64)72-6)28-31-62-50(67)38-21-14-20-37-44(61(4)5)26-25-39(47(37)38)51(62)68/h8-11,14,16-21,25-26,40-43H,12-13,15,22-24,27-32H2,1-7H3,(H,56,65)(H,57,70)(H,58,63)(H,59,66)(H,60,71)/t41-,42+,43+/m0/s1. The molecule has 0 saturated carbocycles. The van der Waals surface area contributed by atoms with E-state index in [4.69, 9.17) is 14.2 Å². The maximum Gasteiger partial charge on any atom is 0.408 e. The second-order valence-corrected chi connectivity index (χ2v) is 19.5. The summed E-state index contributed by atoms with van der Waals surface area (Å²) in [5.41, 5.74) is 4.78. The third kappa shape index (κ3) is 14.6. The van der Waals surface area contributed by atoms with Gasteiger partial charge in [0.05, 0.1) is 14.2 Å². The van der Waals surface area contributed by atoms with Crippen LogP contribution in [-0.2, 0) is 42.9 Å². The Balaban J connectivity index is 1.13. The molecule has 0 unspecified atom stereocenters. The number of hydrogen-bond acceptors (Lipinski definition) is 14. The SMILES string of the molecule is COC(=O)CCCC(=O)N[C@H](CCNC(=O)[C@@H](CCN1C(=O)c2cccc3c(N(C)C)ccc(c23)C1=O)NC(=O)[C@H](CCCCNC(=O)OCC1c2ccccc2-c2ccccc21)NC(=O)OC(C)(C)C)C(=O)OC. The van der Waals surface area contributed by atoms with Crippen molar-refractivity contribution in [2.75, 3.05) is 59.5 Å². The van der Waals surface area contributed by atoms with E-state index in [9.17, 15) is 43.2 Å². The third-order valence-electron chi connectivity index (χ3n) is 12.8. The van der Waals surface area contributed by atoms with E-state index >= 15 is 0 Å². The number of ether oxygens (including phenoxy) is 4. The molecule has 4 aromatic carbocycles. The van der Waals surface area contributed by atoms with Crippen LogP contribution in [0, 0.1) is 0 Å². The third-order valence-corrected chi connectivity index (χ3v) is 12.8. The second-order valence-electron chi connectivity index (χ2n) is 19.5. The number of methoxy groups -OCH3 is 2. The van der Waals surface area contributed by atoms with Gasteiger partial charge in [0.15, 0.2) is 0 Å². The number of carbonyl (C=O) groups excluding carboxylic acids is 9. The Bertz CT molecular complexity index is 2720. The van der Waals surface area contributed by atoms with Crippen molar-refractivity contribution in [2.45, 2.75) is 102 Å². The molecule has 3 atom stereocenters. The van der Waals surface area contributed by atoms with E-state index in [0.29, 0.717) is 23.6 Å². The Morgan fingerprint density at radius 2 is 1.27 bits per heavy atom. The number of nitrogens with zero attached hydrogens (tertiary/aromatic N) is 2. The number of alkyl carbamates (subject to hydrolysis) is 2. The molecule has 0 aromatic heterocycles. The summed E-state index contributed by atoms with van der Waals surface area (Å²) in [6.45, 7) is 4.73. The fourth-order valence-corrected chi connectivity index (χ4v) is 9.17. The van der Waals surface area contributed by atoms with Crippen molar-refractivity contribution in [3.63, 3.8) is 0 Å². The number of fused-ring (bicyclic) bond motifs is 3. The van der Waals surface area contributed by atoms with E-state index < -0.39 is 77.4 Å². The van der Waals surface area contributed by atoms with Crippen LogP contribution in [0.1, 0.15) is 110 Å². The first kappa shape index (κ1) is 56.3. The van der Waals surface area contributed by atoms with Gasteiger partial charge >= 0.3 is 24.1 Å². The van der Waals surface area contributed by atoms with E-state index in [1.165, 1.54) is 7.11 Å². The van der Waals surface area contributed by atoms with Gasteiger partial charge in [0.1, 0.15) is 30.3 Å². The largest absolute Gasteiger partial charge is 0.469 e. The molecule has 4 aromatic rings. The lowest BCUT2D eigenvalue weighted by Gasteiger charge is -2.30. The van der Waals surface area contributed by atoms with E-state index in [2.05, 4.69) is 31.3 Å². The minimum absolute atomic E-state index is 0.0147. The molecule has 2 aliphatic rings. The molecule has 400 valence electrons. The van der Waals surface area contributed by atoms with E-state index in [1.54, 1.807) is 45.0 Å². The fraction of sp³-hybridized carbons (Fsp3) is 0.436. The zero-order valence-electron chi connectivity index (χ0n) is 43.5. The van der Waals surface area contributed by atoms with Crippen LogP contribution in [0.15, 0.2) is 78.9 Å². The van der Waals surface area contributed by atoms with Crippen molar-refractivity contribution >= 4 is 70.1 Å². The molecule has 5 N–H and O–H groups in total. The highest BCUT2D eigenvalue weighted by Crippen LogP contribution is 2.44. The summed E-state index contributed by atoms with van der Waals surface area (Å²) in [6, 6.07) is 20.7. The van der Waals surface area contributed by atoms with Crippen LogP contribution < -0.4 is 31.5 Å². The highest BCUT2D eigenvalue weighted by molar-refractivity contribution is 6.26. The smallest absolute Gasteiger partial charge is 0.408 e. The van der Waals surface area contributed by atoms with Crippen LogP contribution in [0.25, 0.3) is 21.9 Å². The van der Waals surface area contributed by atoms with Gasteiger partial charge in [-0.1, -0.05) is 60.7 Å². The summed E-state index contributed by atoms with van der Waals surface area (Å²) in [7, 11) is 6.06. The summed E-state index contributed by atoms with van der Waals surface area (Å²) >= 11 is 0. The van der Waals surface area contributed by atoms with E-state index in [0.717, 1.165) is 40.0 Å². The van der Waals surface area contributed by atoms with Crippen molar-refractivity contribution in [1.82, 2.24) is 31.5 Å². The van der Waals surface area contributed by atoms with Crippen molar-refractivity contribution in [3.8, 4) is 11.1 Å². The molecule has 0 bridgehead atoms. The monoisotopic (exact) mass is 1030 g/mol. The summed E-state index contributed by atoms with van der Waals surface area (Å²) in [4.78, 5) is 123. The Kier molecular flexibility index (Phi) is 19.3. The molecule has 1 heterocycles. The molecule has 0 fully saturated rings. The molecule has 75 heavy (non-hydrogen) atoms. The molecule has 0 saturated heterocycles. The topological polar surface area (TPSA) is 257 Å². The molecule has 20 heteroatoms. The van der Waals surface area contributed by atoms with E-state index in [1.807, 2.05) is 73.6 Å². The lowest BCUT2D eigenvalue weighted by molar-refractivity contribution is -0.145. The number of nitrogens with one attached hydrogen (secondary N) is 5. The van der Waals surface area contributed by atoms with Gasteiger partial charge in [0, 0.05) is 80.1 Å². The molecule has 0 radical (unpaired) electrons. The molecular formula is C55H67N7O13. The number of imide groups is 1. The van der Waals surface area contributed by atoms with Crippen molar-refractivity contribution in [1.29, 1.82) is 0 Å². The molecule has 7 amide bonds. The van der Waals surface area contributed by atoms with E-state index in [-0.39, 0.29) is 81.8 Å². The lowest BCUT2D eigenvalue weighted by Crippen LogP contribution is -2.55. The quantitative estimate of drug-likeness (QED) is 0.0252. The highest BCUT2D eigenvalue weighted by Gasteiger charge is 2.36. The first-order valence-electron chi connectivity index (χ1n) is 25.0. The van der Waals surface area contributed by atoms with Crippen LogP contribution >= 0.6 is 0 Å². The van der Waals surface area contributed by atoms with Gasteiger partial charge in [0.2, 0.25) is 17.7 Å². The van der Waals surface area contributed by atoms with Crippen LogP contribution in [-0.4, -0.2) is 137 Å². The zero-order valence-corrected chi connectivity index (χ0v) is 43.5. The van der Waals surface area contributed by atoms with Crippen molar-refractivity contribution < 1.29 is 62.1 Å². The number of carbonyl (C=O) groups is 9. The Labute approximate surface area is 435 Å². The maximum atomic E-state index is 14.3. The van der Waals surface area contributed by atoms with Gasteiger partial charge in [-0.25, -0.2) is 14.4 Å². The molecule has 0 spiro atoms. The number of unbranched alkanes of at least 4 members (excludes halogenated alkanes) is 1. The van der Waals surface area contributed by atoms with Gasteiger partial charge in [-0.2, -0.15) is 0 Å². The lowest BCUT2D eigenvalue weighted by atomic mass is 9.92. The van der Waals surface area contributed by atoms with Crippen molar-refractivity contribution in [2.24, 2.45) is 0 Å².